The Hall–Kier alpha value is -2.56. The standard InChI is InChI=1S/C23H24O5Se/c1-26-18-11-9-16(10-12-18)20-14-23(21(24)27-2,22(25)28-3)13-17(20)15-29-19-7-5-4-6-8-19/h4-12,14,17H,13,15H2,1-3H3. The molecule has 0 saturated heterocycles. The molecule has 1 atom stereocenters. The van der Waals surface area contributed by atoms with Gasteiger partial charge in [0.1, 0.15) is 0 Å². The van der Waals surface area contributed by atoms with Crippen LogP contribution in [0.1, 0.15) is 12.0 Å². The van der Waals surface area contributed by atoms with Gasteiger partial charge in [-0.15, -0.1) is 0 Å². The van der Waals surface area contributed by atoms with Crippen molar-refractivity contribution in [3.8, 4) is 5.75 Å². The van der Waals surface area contributed by atoms with Crippen molar-refractivity contribution in [3.63, 3.8) is 0 Å². The monoisotopic (exact) mass is 460 g/mol. The van der Waals surface area contributed by atoms with E-state index in [0.717, 1.165) is 22.2 Å². The van der Waals surface area contributed by atoms with E-state index in [1.165, 1.54) is 18.7 Å². The Morgan fingerprint density at radius 2 is 1.59 bits per heavy atom. The predicted octanol–water partition coefficient (Wildman–Crippen LogP) is 2.88. The summed E-state index contributed by atoms with van der Waals surface area (Å²) in [4.78, 5) is 25.3. The van der Waals surface area contributed by atoms with Crippen molar-refractivity contribution >= 4 is 36.9 Å². The van der Waals surface area contributed by atoms with Crippen molar-refractivity contribution in [3.05, 3.63) is 66.2 Å². The molecule has 29 heavy (non-hydrogen) atoms. The summed E-state index contributed by atoms with van der Waals surface area (Å²) in [5.41, 5.74) is 0.534. The van der Waals surface area contributed by atoms with Gasteiger partial charge in [-0.25, -0.2) is 0 Å². The zero-order chi connectivity index (χ0) is 20.9. The summed E-state index contributed by atoms with van der Waals surface area (Å²) in [6.45, 7) is 0. The average molecular weight is 459 g/mol. The molecule has 5 nitrogen and oxygen atoms in total. The molecule has 0 bridgehead atoms. The number of ether oxygens (including phenoxy) is 3. The SMILES string of the molecule is COC(=O)C1(C(=O)OC)C=C(c2ccc(OC)cc2)C(C[Se]c2ccccc2)C1. The van der Waals surface area contributed by atoms with Crippen LogP contribution in [0.4, 0.5) is 0 Å². The van der Waals surface area contributed by atoms with Gasteiger partial charge in [-0.05, 0) is 0 Å². The summed E-state index contributed by atoms with van der Waals surface area (Å²) in [6.07, 6.45) is 2.10. The van der Waals surface area contributed by atoms with Gasteiger partial charge in [-0.2, -0.15) is 0 Å². The molecule has 1 aliphatic rings. The molecule has 1 unspecified atom stereocenters. The first-order valence-electron chi connectivity index (χ1n) is 9.26. The summed E-state index contributed by atoms with van der Waals surface area (Å²) < 4.78 is 16.5. The van der Waals surface area contributed by atoms with Crippen LogP contribution in [-0.2, 0) is 19.1 Å². The van der Waals surface area contributed by atoms with Crippen LogP contribution >= 0.6 is 0 Å². The van der Waals surface area contributed by atoms with E-state index in [9.17, 15) is 9.59 Å². The maximum absolute atomic E-state index is 12.7. The van der Waals surface area contributed by atoms with E-state index in [-0.39, 0.29) is 20.9 Å². The molecule has 2 aromatic carbocycles. The minimum absolute atomic E-state index is 0.0433. The number of carbonyl (C=O) groups is 2. The number of allylic oxidation sites excluding steroid dienone is 1. The second kappa shape index (κ2) is 9.29. The molecule has 0 amide bonds. The van der Waals surface area contributed by atoms with Crippen LogP contribution in [0.5, 0.6) is 5.75 Å². The quantitative estimate of drug-likeness (QED) is 0.362. The van der Waals surface area contributed by atoms with Gasteiger partial charge < -0.3 is 0 Å². The molecule has 0 heterocycles. The molecular formula is C23H24O5Se. The molecule has 152 valence electrons. The van der Waals surface area contributed by atoms with Crippen LogP contribution in [-0.4, -0.2) is 48.2 Å². The minimum atomic E-state index is -1.41. The van der Waals surface area contributed by atoms with Crippen LogP contribution < -0.4 is 9.20 Å². The second-order valence-corrected chi connectivity index (χ2v) is 9.10. The molecule has 3 rings (SSSR count). The van der Waals surface area contributed by atoms with Crippen LogP contribution in [0.15, 0.2) is 60.7 Å². The van der Waals surface area contributed by atoms with Gasteiger partial charge in [0.15, 0.2) is 0 Å². The molecule has 2 aromatic rings. The Morgan fingerprint density at radius 3 is 2.14 bits per heavy atom. The number of esters is 2. The van der Waals surface area contributed by atoms with Gasteiger partial charge in [-0.3, -0.25) is 0 Å². The zero-order valence-corrected chi connectivity index (χ0v) is 18.4. The van der Waals surface area contributed by atoms with Gasteiger partial charge in [-0.1, -0.05) is 0 Å². The molecular weight excluding hydrogens is 435 g/mol. The number of carbonyl (C=O) groups excluding carboxylic acids is 2. The topological polar surface area (TPSA) is 61.8 Å². The molecule has 0 spiro atoms. The summed E-state index contributed by atoms with van der Waals surface area (Å²) in [5.74, 6) is -0.360. The summed E-state index contributed by atoms with van der Waals surface area (Å²) in [5, 5.41) is 0.866. The molecule has 0 fully saturated rings. The predicted molar refractivity (Wildman–Crippen MR) is 112 cm³/mol. The van der Waals surface area contributed by atoms with E-state index in [1.807, 2.05) is 42.5 Å². The van der Waals surface area contributed by atoms with E-state index in [2.05, 4.69) is 12.1 Å². The average Bonchev–Trinajstić information content (AvgIpc) is 3.18. The van der Waals surface area contributed by atoms with Gasteiger partial charge in [0.2, 0.25) is 0 Å². The molecule has 0 N–H and O–H groups in total. The van der Waals surface area contributed by atoms with E-state index in [1.54, 1.807) is 13.2 Å². The fraction of sp³-hybridized carbons (Fsp3) is 0.304. The number of methoxy groups -OCH3 is 3. The molecule has 0 radical (unpaired) electrons. The molecule has 0 aliphatic heterocycles. The van der Waals surface area contributed by atoms with Crippen LogP contribution in [0, 0.1) is 11.3 Å². The molecule has 0 aromatic heterocycles. The first-order valence-corrected chi connectivity index (χ1v) is 11.3. The number of rotatable bonds is 7. The van der Waals surface area contributed by atoms with E-state index < -0.39 is 17.4 Å². The van der Waals surface area contributed by atoms with Crippen molar-refractivity contribution in [2.24, 2.45) is 11.3 Å². The fourth-order valence-electron chi connectivity index (χ4n) is 3.64. The van der Waals surface area contributed by atoms with Crippen LogP contribution in [0.2, 0.25) is 5.32 Å². The summed E-state index contributed by atoms with van der Waals surface area (Å²) in [7, 11) is 4.22. The van der Waals surface area contributed by atoms with Crippen molar-refractivity contribution < 1.29 is 23.8 Å². The van der Waals surface area contributed by atoms with Crippen LogP contribution in [0.25, 0.3) is 5.57 Å². The van der Waals surface area contributed by atoms with E-state index in [4.69, 9.17) is 14.2 Å². The number of hydrogen-bond acceptors (Lipinski definition) is 5. The first kappa shape index (κ1) is 21.2. The van der Waals surface area contributed by atoms with E-state index in [0.29, 0.717) is 6.42 Å². The third-order valence-corrected chi connectivity index (χ3v) is 7.59. The number of benzene rings is 2. The van der Waals surface area contributed by atoms with Gasteiger partial charge >= 0.3 is 177 Å². The van der Waals surface area contributed by atoms with Crippen LogP contribution in [0.3, 0.4) is 0 Å². The van der Waals surface area contributed by atoms with Gasteiger partial charge in [0.25, 0.3) is 0 Å². The van der Waals surface area contributed by atoms with E-state index >= 15 is 0 Å². The Morgan fingerprint density at radius 1 is 0.966 bits per heavy atom. The van der Waals surface area contributed by atoms with Crippen molar-refractivity contribution in [1.82, 2.24) is 0 Å². The Bertz CT molecular complexity index is 873. The number of hydrogen-bond donors (Lipinski definition) is 0. The Labute approximate surface area is 177 Å². The van der Waals surface area contributed by atoms with Gasteiger partial charge in [0.05, 0.1) is 0 Å². The second-order valence-electron chi connectivity index (χ2n) is 6.81. The van der Waals surface area contributed by atoms with Gasteiger partial charge in [0, 0.05) is 0 Å². The van der Waals surface area contributed by atoms with Crippen molar-refractivity contribution in [2.45, 2.75) is 11.7 Å². The van der Waals surface area contributed by atoms with Crippen molar-refractivity contribution in [2.75, 3.05) is 21.3 Å². The Balaban J connectivity index is 1.97. The molecule has 1 aliphatic carbocycles. The third kappa shape index (κ3) is 4.39. The summed E-state index contributed by atoms with van der Waals surface area (Å²) >= 11 is 0.208. The third-order valence-electron chi connectivity index (χ3n) is 5.13. The fourth-order valence-corrected chi connectivity index (χ4v) is 5.82. The summed E-state index contributed by atoms with van der Waals surface area (Å²) in [6, 6.07) is 17.9. The molecule has 0 saturated carbocycles. The van der Waals surface area contributed by atoms with Crippen molar-refractivity contribution in [1.29, 1.82) is 0 Å². The molecule has 6 heteroatoms. The first-order chi connectivity index (χ1) is 14.0. The normalized spacial score (nSPS) is 17.3. The maximum atomic E-state index is 12.7. The Kier molecular flexibility index (Phi) is 6.78. The zero-order valence-electron chi connectivity index (χ0n) is 16.7.